The van der Waals surface area contributed by atoms with Gasteiger partial charge in [0.05, 0.1) is 25.9 Å². The van der Waals surface area contributed by atoms with Crippen molar-refractivity contribution >= 4 is 0 Å². The van der Waals surface area contributed by atoms with E-state index in [0.29, 0.717) is 31.9 Å². The lowest BCUT2D eigenvalue weighted by Crippen LogP contribution is -2.47. The maximum absolute atomic E-state index is 10.1. The Kier molecular flexibility index (Phi) is 7.24. The minimum atomic E-state index is -0.393. The van der Waals surface area contributed by atoms with E-state index in [4.69, 9.17) is 9.47 Å². The second-order valence-electron chi connectivity index (χ2n) is 6.05. The number of hydrogen-bond donors (Lipinski definition) is 2. The number of piperidine rings is 1. The highest BCUT2D eigenvalue weighted by atomic mass is 16.5. The van der Waals surface area contributed by atoms with E-state index in [-0.39, 0.29) is 0 Å². The molecule has 2 rings (SSSR count). The fourth-order valence-electron chi connectivity index (χ4n) is 2.86. The Hall–Kier alpha value is -0.200. The summed E-state index contributed by atoms with van der Waals surface area (Å²) in [6.07, 6.45) is 6.07. The average molecular weight is 286 g/mol. The number of aliphatic hydroxyl groups excluding tert-OH is 1. The number of aliphatic hydroxyl groups is 1. The molecule has 0 aromatic heterocycles. The van der Waals surface area contributed by atoms with Gasteiger partial charge in [0.25, 0.3) is 0 Å². The van der Waals surface area contributed by atoms with Crippen molar-refractivity contribution in [1.29, 1.82) is 0 Å². The van der Waals surface area contributed by atoms with Gasteiger partial charge in [-0.15, -0.1) is 0 Å². The molecule has 2 atom stereocenters. The number of nitrogens with zero attached hydrogens (tertiary/aromatic N) is 1. The molecule has 1 aliphatic carbocycles. The predicted molar refractivity (Wildman–Crippen MR) is 78.9 cm³/mol. The lowest BCUT2D eigenvalue weighted by molar-refractivity contribution is -0.00307. The van der Waals surface area contributed by atoms with E-state index in [1.165, 1.54) is 32.1 Å². The Morgan fingerprint density at radius 1 is 1.25 bits per heavy atom. The molecule has 5 nitrogen and oxygen atoms in total. The molecular weight excluding hydrogens is 256 g/mol. The van der Waals surface area contributed by atoms with E-state index < -0.39 is 6.10 Å². The molecule has 2 unspecified atom stereocenters. The summed E-state index contributed by atoms with van der Waals surface area (Å²) in [5.41, 5.74) is 0. The molecule has 0 amide bonds. The van der Waals surface area contributed by atoms with Gasteiger partial charge in [-0.05, 0) is 32.2 Å². The Morgan fingerprint density at radius 3 is 2.75 bits per heavy atom. The standard InChI is InChI=1S/C15H30N2O3/c1-19-8-9-20-12-15(18)11-17(14-5-6-14)10-13-4-2-3-7-16-13/h13-16,18H,2-12H2,1H3. The summed E-state index contributed by atoms with van der Waals surface area (Å²) in [4.78, 5) is 2.45. The van der Waals surface area contributed by atoms with Crippen LogP contribution in [0.2, 0.25) is 0 Å². The van der Waals surface area contributed by atoms with Gasteiger partial charge in [-0.3, -0.25) is 4.90 Å². The van der Waals surface area contributed by atoms with E-state index in [1.54, 1.807) is 7.11 Å². The zero-order valence-corrected chi connectivity index (χ0v) is 12.7. The smallest absolute Gasteiger partial charge is 0.0900 e. The van der Waals surface area contributed by atoms with Gasteiger partial charge in [0.2, 0.25) is 0 Å². The van der Waals surface area contributed by atoms with Crippen LogP contribution < -0.4 is 5.32 Å². The number of hydrogen-bond acceptors (Lipinski definition) is 5. The zero-order valence-electron chi connectivity index (χ0n) is 12.7. The van der Waals surface area contributed by atoms with Gasteiger partial charge >= 0.3 is 0 Å². The summed E-state index contributed by atoms with van der Waals surface area (Å²) in [6, 6.07) is 1.29. The normalized spacial score (nSPS) is 25.1. The molecule has 1 aliphatic heterocycles. The van der Waals surface area contributed by atoms with Crippen LogP contribution >= 0.6 is 0 Å². The van der Waals surface area contributed by atoms with Gasteiger partial charge in [-0.25, -0.2) is 0 Å². The summed E-state index contributed by atoms with van der Waals surface area (Å²) < 4.78 is 10.3. The largest absolute Gasteiger partial charge is 0.389 e. The monoisotopic (exact) mass is 286 g/mol. The van der Waals surface area contributed by atoms with Crippen molar-refractivity contribution in [2.45, 2.75) is 50.3 Å². The van der Waals surface area contributed by atoms with Crippen molar-refractivity contribution in [3.05, 3.63) is 0 Å². The van der Waals surface area contributed by atoms with E-state index in [9.17, 15) is 5.11 Å². The van der Waals surface area contributed by atoms with Crippen LogP contribution in [0, 0.1) is 0 Å². The van der Waals surface area contributed by atoms with Crippen molar-refractivity contribution in [3.8, 4) is 0 Å². The van der Waals surface area contributed by atoms with Crippen LogP contribution in [0.25, 0.3) is 0 Å². The van der Waals surface area contributed by atoms with Crippen LogP contribution in [0.1, 0.15) is 32.1 Å². The van der Waals surface area contributed by atoms with Gasteiger partial charge in [0.1, 0.15) is 0 Å². The summed E-state index contributed by atoms with van der Waals surface area (Å²) in [6.45, 7) is 4.50. The lowest BCUT2D eigenvalue weighted by atomic mass is 10.0. The van der Waals surface area contributed by atoms with Gasteiger partial charge < -0.3 is 19.9 Å². The summed E-state index contributed by atoms with van der Waals surface area (Å²) in [5, 5.41) is 13.7. The molecule has 2 fully saturated rings. The first-order chi connectivity index (χ1) is 9.79. The first kappa shape index (κ1) is 16.2. The number of nitrogens with one attached hydrogen (secondary N) is 1. The summed E-state index contributed by atoms with van der Waals surface area (Å²) >= 11 is 0. The minimum absolute atomic E-state index is 0.393. The van der Waals surface area contributed by atoms with Crippen LogP contribution in [0.4, 0.5) is 0 Å². The molecule has 0 aromatic carbocycles. The van der Waals surface area contributed by atoms with E-state index >= 15 is 0 Å². The van der Waals surface area contributed by atoms with Crippen LogP contribution in [-0.4, -0.2) is 74.8 Å². The fraction of sp³-hybridized carbons (Fsp3) is 1.00. The molecule has 0 aromatic rings. The topological polar surface area (TPSA) is 54.0 Å². The molecule has 20 heavy (non-hydrogen) atoms. The van der Waals surface area contributed by atoms with Gasteiger partial charge in [-0.1, -0.05) is 6.42 Å². The SMILES string of the molecule is COCCOCC(O)CN(CC1CCCCN1)C1CC1. The Labute approximate surface area is 122 Å². The molecule has 0 spiro atoms. The van der Waals surface area contributed by atoms with Gasteiger partial charge in [0.15, 0.2) is 0 Å². The molecule has 118 valence electrons. The number of rotatable bonds is 10. The summed E-state index contributed by atoms with van der Waals surface area (Å²) in [5.74, 6) is 0. The third-order valence-corrected chi connectivity index (χ3v) is 4.12. The summed E-state index contributed by atoms with van der Waals surface area (Å²) in [7, 11) is 1.66. The van der Waals surface area contributed by atoms with Crippen molar-refractivity contribution in [2.24, 2.45) is 0 Å². The first-order valence-corrected chi connectivity index (χ1v) is 8.01. The molecule has 2 aliphatic rings. The highest BCUT2D eigenvalue weighted by molar-refractivity contribution is 4.88. The molecule has 1 heterocycles. The molecule has 0 bridgehead atoms. The first-order valence-electron chi connectivity index (χ1n) is 8.01. The van der Waals surface area contributed by atoms with Crippen LogP contribution in [0.5, 0.6) is 0 Å². The average Bonchev–Trinajstić information content (AvgIpc) is 3.29. The van der Waals surface area contributed by atoms with Gasteiger partial charge in [0, 0.05) is 32.3 Å². The maximum Gasteiger partial charge on any atom is 0.0900 e. The quantitative estimate of drug-likeness (QED) is 0.577. The van der Waals surface area contributed by atoms with Gasteiger partial charge in [-0.2, -0.15) is 0 Å². The second-order valence-corrected chi connectivity index (χ2v) is 6.05. The molecule has 1 saturated carbocycles. The third kappa shape index (κ3) is 6.06. The van der Waals surface area contributed by atoms with Crippen LogP contribution in [0.15, 0.2) is 0 Å². The van der Waals surface area contributed by atoms with Crippen molar-refractivity contribution in [2.75, 3.05) is 46.6 Å². The maximum atomic E-state index is 10.1. The van der Waals surface area contributed by atoms with Crippen LogP contribution in [0.3, 0.4) is 0 Å². The van der Waals surface area contributed by atoms with E-state index in [1.807, 2.05) is 0 Å². The minimum Gasteiger partial charge on any atom is -0.389 e. The van der Waals surface area contributed by atoms with Crippen LogP contribution in [-0.2, 0) is 9.47 Å². The van der Waals surface area contributed by atoms with Crippen molar-refractivity contribution in [1.82, 2.24) is 10.2 Å². The highest BCUT2D eigenvalue weighted by Gasteiger charge is 2.32. The Balaban J connectivity index is 1.65. The fourth-order valence-corrected chi connectivity index (χ4v) is 2.86. The van der Waals surface area contributed by atoms with E-state index in [0.717, 1.165) is 19.6 Å². The highest BCUT2D eigenvalue weighted by Crippen LogP contribution is 2.27. The van der Waals surface area contributed by atoms with E-state index in [2.05, 4.69) is 10.2 Å². The Bertz CT molecular complexity index is 256. The molecule has 2 N–H and O–H groups in total. The molecule has 5 heteroatoms. The molecule has 1 saturated heterocycles. The molecular formula is C15H30N2O3. The van der Waals surface area contributed by atoms with Crippen molar-refractivity contribution < 1.29 is 14.6 Å². The Morgan fingerprint density at radius 2 is 2.10 bits per heavy atom. The van der Waals surface area contributed by atoms with Crippen molar-refractivity contribution in [3.63, 3.8) is 0 Å². The number of methoxy groups -OCH3 is 1. The zero-order chi connectivity index (χ0) is 14.2. The third-order valence-electron chi connectivity index (χ3n) is 4.12. The lowest BCUT2D eigenvalue weighted by Gasteiger charge is -2.31. The molecule has 0 radical (unpaired) electrons. The predicted octanol–water partition coefficient (Wildman–Crippen LogP) is 0.617. The number of ether oxygens (including phenoxy) is 2. The second kappa shape index (κ2) is 8.95.